The molecule has 5 heteroatoms. The van der Waals surface area contributed by atoms with Crippen molar-refractivity contribution in [2.75, 3.05) is 0 Å². The third kappa shape index (κ3) is 6.74. The van der Waals surface area contributed by atoms with Gasteiger partial charge in [0.15, 0.2) is 0 Å². The molecule has 1 atom stereocenters. The van der Waals surface area contributed by atoms with Crippen LogP contribution < -0.4 is 42.4 Å². The van der Waals surface area contributed by atoms with E-state index in [1.165, 1.54) is 48.4 Å². The van der Waals surface area contributed by atoms with Crippen molar-refractivity contribution in [1.82, 2.24) is 0 Å². The third-order valence-electron chi connectivity index (χ3n) is 6.60. The van der Waals surface area contributed by atoms with Gasteiger partial charge in [0, 0.05) is 0 Å². The molecule has 1 unspecified atom stereocenters. The Morgan fingerprint density at radius 1 is 0.828 bits per heavy atom. The zero-order chi connectivity index (χ0) is 18.8. The smallest absolute Gasteiger partial charge is 1.00 e. The number of hydrogen-bond donors (Lipinski definition) is 0. The van der Waals surface area contributed by atoms with Crippen molar-refractivity contribution in [2.45, 2.75) is 93.2 Å². The number of halogens is 3. The Morgan fingerprint density at radius 3 is 1.76 bits per heavy atom. The molecule has 162 valence electrons. The van der Waals surface area contributed by atoms with Crippen LogP contribution in [0.2, 0.25) is 12.6 Å². The monoisotopic (exact) mass is 506 g/mol. The Bertz CT molecular complexity index is 696. The first-order chi connectivity index (χ1) is 11.8. The number of rotatable bonds is 7. The van der Waals surface area contributed by atoms with E-state index in [-0.39, 0.29) is 58.9 Å². The average Bonchev–Trinajstić information content (AvgIpc) is 3.06. The van der Waals surface area contributed by atoms with Crippen LogP contribution in [0.1, 0.15) is 73.8 Å². The van der Waals surface area contributed by atoms with Crippen LogP contribution in [0.15, 0.2) is 16.8 Å². The Labute approximate surface area is 214 Å². The topological polar surface area (TPSA) is 0 Å². The van der Waals surface area contributed by atoms with Gasteiger partial charge in [-0.05, 0) is 62.4 Å². The molecule has 0 radical (unpaired) electrons. The van der Waals surface area contributed by atoms with Crippen LogP contribution in [-0.2, 0) is 21.7 Å². The minimum atomic E-state index is -1.75. The van der Waals surface area contributed by atoms with E-state index in [0.29, 0.717) is 0 Å². The zero-order valence-electron chi connectivity index (χ0n) is 19.5. The fourth-order valence-electron chi connectivity index (χ4n) is 4.77. The second kappa shape index (κ2) is 14.5. The van der Waals surface area contributed by atoms with Gasteiger partial charge in [0.05, 0.1) is 8.07 Å². The van der Waals surface area contributed by atoms with Crippen molar-refractivity contribution < 1.29 is 58.9 Å². The van der Waals surface area contributed by atoms with Gasteiger partial charge in [-0.25, -0.2) is 10.8 Å². The predicted molar refractivity (Wildman–Crippen MR) is 115 cm³/mol. The molecule has 0 bridgehead atoms. The van der Waals surface area contributed by atoms with Gasteiger partial charge in [-0.3, -0.25) is 6.08 Å². The van der Waals surface area contributed by atoms with Crippen LogP contribution in [0.5, 0.6) is 0 Å². The first-order valence-corrected chi connectivity index (χ1v) is 12.9. The van der Waals surface area contributed by atoms with Crippen LogP contribution in [0.3, 0.4) is 0 Å². The van der Waals surface area contributed by atoms with Crippen molar-refractivity contribution in [2.24, 2.45) is 0 Å². The first-order valence-electron chi connectivity index (χ1n) is 10.2. The van der Waals surface area contributed by atoms with Crippen LogP contribution in [0, 0.1) is 40.7 Å². The Morgan fingerprint density at radius 2 is 1.31 bits per heavy atom. The van der Waals surface area contributed by atoms with E-state index in [1.807, 2.05) is 0 Å². The SMILES string of the molecule is CCCC[Si](C)(C1=[C-]CC=C1CCC)c1c(C)c(C)c(C)c(C)c1C.[Cl-].[Cl-].[Cl-].[Ti+4]. The van der Waals surface area contributed by atoms with E-state index in [0.717, 1.165) is 6.42 Å². The zero-order valence-corrected chi connectivity index (χ0v) is 24.3. The van der Waals surface area contributed by atoms with Gasteiger partial charge in [-0.1, -0.05) is 57.3 Å². The molecule has 1 aromatic carbocycles. The van der Waals surface area contributed by atoms with E-state index in [4.69, 9.17) is 0 Å². The molecule has 0 N–H and O–H groups in total. The van der Waals surface area contributed by atoms with Crippen molar-refractivity contribution in [1.29, 1.82) is 0 Å². The molecule has 1 aliphatic rings. The second-order valence-electron chi connectivity index (χ2n) is 8.17. The van der Waals surface area contributed by atoms with Crippen LogP contribution >= 0.6 is 0 Å². The molecule has 0 aromatic heterocycles. The molecule has 2 rings (SSSR count). The molecule has 1 aromatic rings. The van der Waals surface area contributed by atoms with Crippen molar-refractivity contribution >= 4 is 13.3 Å². The van der Waals surface area contributed by atoms with Gasteiger partial charge < -0.3 is 37.2 Å². The molecule has 29 heavy (non-hydrogen) atoms. The summed E-state index contributed by atoms with van der Waals surface area (Å²) in [6.45, 7) is 19.0. The number of hydrogen-bond acceptors (Lipinski definition) is 0. The van der Waals surface area contributed by atoms with Crippen molar-refractivity contribution in [3.05, 3.63) is 50.7 Å². The summed E-state index contributed by atoms with van der Waals surface area (Å²) in [7, 11) is -1.75. The maximum Gasteiger partial charge on any atom is 4.00 e. The molecule has 0 saturated heterocycles. The predicted octanol–water partition coefficient (Wildman–Crippen LogP) is -2.28. The molecule has 0 spiro atoms. The van der Waals surface area contributed by atoms with E-state index in [2.05, 4.69) is 67.2 Å². The second-order valence-corrected chi connectivity index (χ2v) is 12.3. The van der Waals surface area contributed by atoms with Gasteiger partial charge in [-0.15, -0.1) is 6.42 Å². The third-order valence-corrected chi connectivity index (χ3v) is 11.4. The van der Waals surface area contributed by atoms with E-state index in [1.54, 1.807) is 27.1 Å². The summed E-state index contributed by atoms with van der Waals surface area (Å²) in [6.07, 6.45) is 12.4. The summed E-state index contributed by atoms with van der Waals surface area (Å²) in [6, 6.07) is 1.36. The van der Waals surface area contributed by atoms with Gasteiger partial charge in [0.2, 0.25) is 0 Å². The first kappa shape index (κ1) is 34.1. The standard InChI is InChI=1S/C24H37Si.3ClH.Ti/c1-9-11-16-25(8,23-15-12-14-22(23)13-10-2)24-20(6)18(4)17(3)19(5)21(24)7;;;;/h14H,9-13,16H2,1-8H3;3*1H;/q-1;;;;+4/p-3. The quantitative estimate of drug-likeness (QED) is 0.288. The summed E-state index contributed by atoms with van der Waals surface area (Å²) in [5.41, 5.74) is 9.23. The summed E-state index contributed by atoms with van der Waals surface area (Å²) in [5.74, 6) is 0. The minimum Gasteiger partial charge on any atom is -1.00 e. The molecule has 0 nitrogen and oxygen atoms in total. The Hall–Kier alpha value is 0.501. The molecule has 0 amide bonds. The summed E-state index contributed by atoms with van der Waals surface area (Å²) in [4.78, 5) is 0. The normalized spacial score (nSPS) is 14.3. The summed E-state index contributed by atoms with van der Waals surface area (Å²) in [5, 5.41) is 3.35. The summed E-state index contributed by atoms with van der Waals surface area (Å²) < 4.78 is 0. The van der Waals surface area contributed by atoms with Gasteiger partial charge >= 0.3 is 21.7 Å². The van der Waals surface area contributed by atoms with Gasteiger partial charge in [0.1, 0.15) is 0 Å². The largest absolute Gasteiger partial charge is 4.00 e. The molecule has 0 heterocycles. The van der Waals surface area contributed by atoms with E-state index in [9.17, 15) is 0 Å². The number of allylic oxidation sites excluding steroid dienone is 4. The van der Waals surface area contributed by atoms with E-state index < -0.39 is 8.07 Å². The fraction of sp³-hybridized carbons (Fsp3) is 0.583. The van der Waals surface area contributed by atoms with Crippen molar-refractivity contribution in [3.8, 4) is 0 Å². The van der Waals surface area contributed by atoms with Gasteiger partial charge in [0.25, 0.3) is 0 Å². The molecule has 1 aliphatic carbocycles. The molecular formula is C24H37Cl3SiTi. The minimum absolute atomic E-state index is 0. The van der Waals surface area contributed by atoms with Crippen LogP contribution in [0.25, 0.3) is 0 Å². The molecule has 0 aliphatic heterocycles. The van der Waals surface area contributed by atoms with Crippen LogP contribution in [-0.4, -0.2) is 8.07 Å². The van der Waals surface area contributed by atoms with Crippen molar-refractivity contribution in [3.63, 3.8) is 0 Å². The number of unbranched alkanes of at least 4 members (excludes halogenated alkanes) is 1. The molecular weight excluding hydrogens is 471 g/mol. The maximum atomic E-state index is 3.83. The number of benzene rings is 1. The molecule has 0 saturated carbocycles. The van der Waals surface area contributed by atoms with E-state index >= 15 is 0 Å². The Balaban J connectivity index is -0.00000169. The van der Waals surface area contributed by atoms with Gasteiger partial charge in [-0.2, -0.15) is 6.08 Å². The molecule has 0 fully saturated rings. The summed E-state index contributed by atoms with van der Waals surface area (Å²) >= 11 is 0. The Kier molecular flexibility index (Phi) is 17.1. The fourth-order valence-corrected chi connectivity index (χ4v) is 10.0. The van der Waals surface area contributed by atoms with Crippen LogP contribution in [0.4, 0.5) is 0 Å². The average molecular weight is 508 g/mol. The maximum absolute atomic E-state index is 3.83.